The van der Waals surface area contributed by atoms with Gasteiger partial charge in [0.25, 0.3) is 0 Å². The van der Waals surface area contributed by atoms with Crippen LogP contribution in [0.1, 0.15) is 13.3 Å². The van der Waals surface area contributed by atoms with Gasteiger partial charge in [0.1, 0.15) is 12.4 Å². The molecule has 0 aromatic heterocycles. The smallest absolute Gasteiger partial charge is 0.233 e. The second kappa shape index (κ2) is 9.82. The molecule has 6 heteroatoms. The number of ether oxygens (including phenoxy) is 1. The van der Waals surface area contributed by atoms with Crippen molar-refractivity contribution in [3.63, 3.8) is 0 Å². The Hall–Kier alpha value is -1.36. The van der Waals surface area contributed by atoms with E-state index >= 15 is 0 Å². The highest BCUT2D eigenvalue weighted by molar-refractivity contribution is 8.00. The summed E-state index contributed by atoms with van der Waals surface area (Å²) >= 11 is 13.4. The van der Waals surface area contributed by atoms with E-state index in [2.05, 4.69) is 5.32 Å². The minimum Gasteiger partial charge on any atom is -0.490 e. The third-order valence-electron chi connectivity index (χ3n) is 3.25. The van der Waals surface area contributed by atoms with E-state index in [1.165, 1.54) is 11.8 Å². The van der Waals surface area contributed by atoms with Crippen molar-refractivity contribution in [3.05, 3.63) is 58.6 Å². The minimum atomic E-state index is -0.147. The molecule has 0 spiro atoms. The van der Waals surface area contributed by atoms with Crippen LogP contribution in [0, 0.1) is 0 Å². The van der Waals surface area contributed by atoms with Gasteiger partial charge in [0.05, 0.1) is 16.8 Å². The third-order valence-corrected chi connectivity index (χ3v) is 5.19. The molecule has 2 rings (SSSR count). The number of hydrogen-bond acceptors (Lipinski definition) is 3. The number of thioether (sulfide) groups is 1. The van der Waals surface area contributed by atoms with Gasteiger partial charge in [-0.25, -0.2) is 0 Å². The SMILES string of the molecule is CC[C@@H](Sc1ccc(Cl)cc1)C(=O)NCCOc1ccccc1Cl. The molecule has 0 aliphatic heterocycles. The fourth-order valence-corrected chi connectivity index (χ4v) is 3.31. The van der Waals surface area contributed by atoms with Gasteiger partial charge < -0.3 is 10.1 Å². The van der Waals surface area contributed by atoms with Crippen molar-refractivity contribution in [2.45, 2.75) is 23.5 Å². The van der Waals surface area contributed by atoms with Crippen molar-refractivity contribution in [3.8, 4) is 5.75 Å². The average molecular weight is 384 g/mol. The van der Waals surface area contributed by atoms with Crippen molar-refractivity contribution in [1.82, 2.24) is 5.32 Å². The highest BCUT2D eigenvalue weighted by Crippen LogP contribution is 2.27. The van der Waals surface area contributed by atoms with E-state index in [-0.39, 0.29) is 11.2 Å². The fourth-order valence-electron chi connectivity index (χ4n) is 2.01. The molecule has 0 unspecified atom stereocenters. The Morgan fingerprint density at radius 1 is 1.17 bits per heavy atom. The van der Waals surface area contributed by atoms with Crippen molar-refractivity contribution >= 4 is 40.9 Å². The standard InChI is InChI=1S/C18H19Cl2NO2S/c1-2-17(24-14-9-7-13(19)8-10-14)18(22)21-11-12-23-16-6-4-3-5-15(16)20/h3-10,17H,2,11-12H2,1H3,(H,21,22)/t17-/m1/s1. The van der Waals surface area contributed by atoms with Gasteiger partial charge in [-0.2, -0.15) is 0 Å². The quantitative estimate of drug-likeness (QED) is 0.511. The highest BCUT2D eigenvalue weighted by Gasteiger charge is 2.17. The molecule has 0 heterocycles. The summed E-state index contributed by atoms with van der Waals surface area (Å²) in [6.07, 6.45) is 0.741. The Kier molecular flexibility index (Phi) is 7.76. The summed E-state index contributed by atoms with van der Waals surface area (Å²) in [4.78, 5) is 13.3. The molecular weight excluding hydrogens is 365 g/mol. The monoisotopic (exact) mass is 383 g/mol. The van der Waals surface area contributed by atoms with E-state index in [0.29, 0.717) is 28.9 Å². The average Bonchev–Trinajstić information content (AvgIpc) is 2.59. The predicted molar refractivity (Wildman–Crippen MR) is 101 cm³/mol. The predicted octanol–water partition coefficient (Wildman–Crippen LogP) is 5.06. The molecular formula is C18H19Cl2NO2S. The molecule has 2 aromatic rings. The van der Waals surface area contributed by atoms with E-state index in [0.717, 1.165) is 11.3 Å². The lowest BCUT2D eigenvalue weighted by Crippen LogP contribution is -2.35. The van der Waals surface area contributed by atoms with Gasteiger partial charge in [-0.3, -0.25) is 4.79 Å². The number of para-hydroxylation sites is 1. The van der Waals surface area contributed by atoms with Crippen LogP contribution < -0.4 is 10.1 Å². The van der Waals surface area contributed by atoms with Crippen molar-refractivity contribution in [1.29, 1.82) is 0 Å². The molecule has 3 nitrogen and oxygen atoms in total. The zero-order valence-corrected chi connectivity index (χ0v) is 15.6. The van der Waals surface area contributed by atoms with Gasteiger partial charge in [0.2, 0.25) is 5.91 Å². The number of rotatable bonds is 8. The highest BCUT2D eigenvalue weighted by atomic mass is 35.5. The Labute approximate surface area is 156 Å². The molecule has 24 heavy (non-hydrogen) atoms. The lowest BCUT2D eigenvalue weighted by Gasteiger charge is -2.15. The topological polar surface area (TPSA) is 38.3 Å². The van der Waals surface area contributed by atoms with Crippen molar-refractivity contribution < 1.29 is 9.53 Å². The van der Waals surface area contributed by atoms with E-state index in [4.69, 9.17) is 27.9 Å². The number of hydrogen-bond donors (Lipinski definition) is 1. The molecule has 1 atom stereocenters. The van der Waals surface area contributed by atoms with Gasteiger partial charge in [0.15, 0.2) is 0 Å². The maximum Gasteiger partial charge on any atom is 0.233 e. The molecule has 1 N–H and O–H groups in total. The number of carbonyl (C=O) groups is 1. The van der Waals surface area contributed by atoms with Crippen LogP contribution >= 0.6 is 35.0 Å². The molecule has 2 aromatic carbocycles. The van der Waals surface area contributed by atoms with Crippen LogP contribution in [0.15, 0.2) is 53.4 Å². The molecule has 1 amide bonds. The second-order valence-corrected chi connectivity index (χ2v) is 7.16. The molecule has 0 saturated heterocycles. The summed E-state index contributed by atoms with van der Waals surface area (Å²) in [6.45, 7) is 2.80. The minimum absolute atomic E-state index is 0.000193. The van der Waals surface area contributed by atoms with Gasteiger partial charge in [-0.1, -0.05) is 42.3 Å². The molecule has 0 aliphatic rings. The van der Waals surface area contributed by atoms with Gasteiger partial charge in [-0.05, 0) is 42.8 Å². The van der Waals surface area contributed by atoms with Crippen LogP contribution in [0.5, 0.6) is 5.75 Å². The largest absolute Gasteiger partial charge is 0.490 e. The fraction of sp³-hybridized carbons (Fsp3) is 0.278. The maximum absolute atomic E-state index is 12.3. The summed E-state index contributed by atoms with van der Waals surface area (Å²) in [5.74, 6) is 0.621. The van der Waals surface area contributed by atoms with Crippen LogP contribution in [0.4, 0.5) is 0 Å². The Balaban J connectivity index is 1.77. The number of nitrogens with one attached hydrogen (secondary N) is 1. The van der Waals surface area contributed by atoms with Gasteiger partial charge in [0, 0.05) is 9.92 Å². The zero-order chi connectivity index (χ0) is 17.4. The van der Waals surface area contributed by atoms with Gasteiger partial charge >= 0.3 is 0 Å². The van der Waals surface area contributed by atoms with Crippen LogP contribution in [-0.4, -0.2) is 24.3 Å². The molecule has 128 valence electrons. The van der Waals surface area contributed by atoms with E-state index in [1.54, 1.807) is 12.1 Å². The molecule has 0 bridgehead atoms. The first kappa shape index (κ1) is 19.0. The summed E-state index contributed by atoms with van der Waals surface area (Å²) in [7, 11) is 0. The van der Waals surface area contributed by atoms with Crippen molar-refractivity contribution in [2.75, 3.05) is 13.2 Å². The Morgan fingerprint density at radius 2 is 1.88 bits per heavy atom. The first-order chi connectivity index (χ1) is 11.6. The summed E-state index contributed by atoms with van der Waals surface area (Å²) in [5.41, 5.74) is 0. The molecule has 0 aliphatic carbocycles. The van der Waals surface area contributed by atoms with Crippen molar-refractivity contribution in [2.24, 2.45) is 0 Å². The van der Waals surface area contributed by atoms with Crippen LogP contribution in [-0.2, 0) is 4.79 Å². The van der Waals surface area contributed by atoms with E-state index < -0.39 is 0 Å². The lowest BCUT2D eigenvalue weighted by atomic mass is 10.3. The third kappa shape index (κ3) is 5.93. The first-order valence-electron chi connectivity index (χ1n) is 7.67. The number of benzene rings is 2. The summed E-state index contributed by atoms with van der Waals surface area (Å²) < 4.78 is 5.56. The van der Waals surface area contributed by atoms with E-state index in [9.17, 15) is 4.79 Å². The normalized spacial score (nSPS) is 11.8. The summed E-state index contributed by atoms with van der Waals surface area (Å²) in [5, 5.41) is 4.01. The second-order valence-electron chi connectivity index (χ2n) is 5.04. The Morgan fingerprint density at radius 3 is 2.54 bits per heavy atom. The number of amides is 1. The molecule has 0 fully saturated rings. The van der Waals surface area contributed by atoms with Crippen LogP contribution in [0.2, 0.25) is 10.0 Å². The number of halogens is 2. The first-order valence-corrected chi connectivity index (χ1v) is 9.31. The van der Waals surface area contributed by atoms with Crippen LogP contribution in [0.25, 0.3) is 0 Å². The van der Waals surface area contributed by atoms with Gasteiger partial charge in [-0.15, -0.1) is 11.8 Å². The number of carbonyl (C=O) groups excluding carboxylic acids is 1. The Bertz CT molecular complexity index is 664. The maximum atomic E-state index is 12.3. The molecule has 0 saturated carbocycles. The molecule has 0 radical (unpaired) electrons. The summed E-state index contributed by atoms with van der Waals surface area (Å²) in [6, 6.07) is 14.8. The zero-order valence-electron chi connectivity index (χ0n) is 13.3. The lowest BCUT2D eigenvalue weighted by molar-refractivity contribution is -0.120. The van der Waals surface area contributed by atoms with E-state index in [1.807, 2.05) is 43.3 Å². The van der Waals surface area contributed by atoms with Crippen LogP contribution in [0.3, 0.4) is 0 Å².